The number of phenolic OH excluding ortho intramolecular Hbond substituents is 1. The molecule has 1 fully saturated rings. The molecule has 0 amide bonds. The van der Waals surface area contributed by atoms with Crippen LogP contribution in [-0.4, -0.2) is 18.2 Å². The van der Waals surface area contributed by atoms with Gasteiger partial charge in [0.05, 0.1) is 5.02 Å². The molecule has 3 aromatic rings. The van der Waals surface area contributed by atoms with Crippen molar-refractivity contribution in [2.75, 3.05) is 13.1 Å². The molecule has 0 aromatic heterocycles. The fourth-order valence-electron chi connectivity index (χ4n) is 4.24. The van der Waals surface area contributed by atoms with E-state index in [1.165, 1.54) is 20.9 Å². The highest BCUT2D eigenvalue weighted by molar-refractivity contribution is 6.35. The number of halogens is 2. The normalized spacial score (nSPS) is 21.7. The second-order valence-electron chi connectivity index (χ2n) is 7.40. The Balaban J connectivity index is 1.69. The molecule has 2 unspecified atom stereocenters. The van der Waals surface area contributed by atoms with E-state index in [4.69, 9.17) is 23.2 Å². The Morgan fingerprint density at radius 2 is 1.29 bits per heavy atom. The largest absolute Gasteiger partial charge is 0.506 e. The van der Waals surface area contributed by atoms with Gasteiger partial charge >= 0.3 is 0 Å². The molecule has 144 valence electrons. The van der Waals surface area contributed by atoms with Crippen LogP contribution in [0.4, 0.5) is 0 Å². The maximum atomic E-state index is 10.7. The molecule has 3 aromatic carbocycles. The zero-order chi connectivity index (χ0) is 19.5. The van der Waals surface area contributed by atoms with Crippen molar-refractivity contribution in [3.63, 3.8) is 0 Å². The molecular formula is C23H24Cl2N2O+2. The Kier molecular flexibility index (Phi) is 5.88. The lowest BCUT2D eigenvalue weighted by Crippen LogP contribution is -3.22. The van der Waals surface area contributed by atoms with E-state index in [0.29, 0.717) is 10.0 Å². The predicted octanol–water partition coefficient (Wildman–Crippen LogP) is 2.88. The summed E-state index contributed by atoms with van der Waals surface area (Å²) in [6.07, 6.45) is 0.0663. The van der Waals surface area contributed by atoms with Crippen LogP contribution in [0.25, 0.3) is 0 Å². The smallest absolute Gasteiger partial charge is 0.244 e. The van der Waals surface area contributed by atoms with Crippen LogP contribution in [0.15, 0.2) is 72.8 Å². The summed E-state index contributed by atoms with van der Waals surface area (Å²) in [7, 11) is 0. The highest BCUT2D eigenvalue weighted by Crippen LogP contribution is 2.33. The van der Waals surface area contributed by atoms with Gasteiger partial charge in [-0.3, -0.25) is 9.80 Å². The number of hydrogen-bond acceptors (Lipinski definition) is 1. The molecule has 28 heavy (non-hydrogen) atoms. The molecule has 2 atom stereocenters. The van der Waals surface area contributed by atoms with Gasteiger partial charge in [-0.05, 0) is 12.1 Å². The van der Waals surface area contributed by atoms with Gasteiger partial charge in [-0.15, -0.1) is 0 Å². The SMILES string of the molecule is Oc1c(Cl)cc(Cl)cc1C1[NH+](Cc2ccccc2)CC[NH+]1Cc1ccccc1. The van der Waals surface area contributed by atoms with E-state index in [9.17, 15) is 5.11 Å². The van der Waals surface area contributed by atoms with Gasteiger partial charge in [0.1, 0.15) is 37.5 Å². The monoisotopic (exact) mass is 414 g/mol. The summed E-state index contributed by atoms with van der Waals surface area (Å²) in [4.78, 5) is 2.82. The third kappa shape index (κ3) is 4.18. The molecule has 0 spiro atoms. The molecule has 0 radical (unpaired) electrons. The molecule has 1 aliphatic rings. The van der Waals surface area contributed by atoms with Crippen LogP contribution in [0.2, 0.25) is 10.0 Å². The van der Waals surface area contributed by atoms with E-state index in [2.05, 4.69) is 48.5 Å². The van der Waals surface area contributed by atoms with E-state index in [0.717, 1.165) is 31.7 Å². The van der Waals surface area contributed by atoms with Gasteiger partial charge in [-0.1, -0.05) is 83.9 Å². The van der Waals surface area contributed by atoms with Gasteiger partial charge in [0, 0.05) is 16.1 Å². The minimum Gasteiger partial charge on any atom is -0.506 e. The lowest BCUT2D eigenvalue weighted by molar-refractivity contribution is -1.09. The summed E-state index contributed by atoms with van der Waals surface area (Å²) in [5, 5.41) is 11.6. The van der Waals surface area contributed by atoms with Crippen LogP contribution < -0.4 is 9.80 Å². The molecular weight excluding hydrogens is 391 g/mol. The van der Waals surface area contributed by atoms with Gasteiger partial charge in [-0.25, -0.2) is 0 Å². The Labute approximate surface area is 175 Å². The summed E-state index contributed by atoms with van der Waals surface area (Å²) >= 11 is 12.6. The summed E-state index contributed by atoms with van der Waals surface area (Å²) in [6.45, 7) is 3.83. The average Bonchev–Trinajstić information content (AvgIpc) is 3.08. The third-order valence-corrected chi connectivity index (χ3v) is 6.01. The van der Waals surface area contributed by atoms with Crippen molar-refractivity contribution in [1.29, 1.82) is 0 Å². The standard InChI is InChI=1S/C23H22Cl2N2O/c24-19-13-20(22(28)21(25)14-19)23-26(15-17-7-3-1-4-8-17)11-12-27(23)16-18-9-5-2-6-10-18/h1-10,13-14,23,28H,11-12,15-16H2/p+2. The number of nitrogens with one attached hydrogen (secondary N) is 2. The first kappa shape index (κ1) is 19.3. The lowest BCUT2D eigenvalue weighted by Gasteiger charge is -2.25. The molecule has 0 saturated carbocycles. The molecule has 0 aliphatic carbocycles. The van der Waals surface area contributed by atoms with Crippen LogP contribution in [0.3, 0.4) is 0 Å². The summed E-state index contributed by atoms with van der Waals surface area (Å²) in [5.41, 5.74) is 3.40. The van der Waals surface area contributed by atoms with Crippen molar-refractivity contribution in [1.82, 2.24) is 0 Å². The minimum absolute atomic E-state index is 0.0663. The first-order chi connectivity index (χ1) is 13.6. The second-order valence-corrected chi connectivity index (χ2v) is 8.24. The van der Waals surface area contributed by atoms with Crippen molar-refractivity contribution in [2.24, 2.45) is 0 Å². The van der Waals surface area contributed by atoms with Gasteiger partial charge < -0.3 is 5.11 Å². The first-order valence-corrected chi connectivity index (χ1v) is 10.3. The summed E-state index contributed by atoms with van der Waals surface area (Å²) in [5.74, 6) is 0.147. The number of hydrogen-bond donors (Lipinski definition) is 3. The van der Waals surface area contributed by atoms with Gasteiger partial charge in [0.2, 0.25) is 6.17 Å². The first-order valence-electron chi connectivity index (χ1n) is 9.56. The number of aromatic hydroxyl groups is 1. The Hall–Kier alpha value is -2.04. The zero-order valence-electron chi connectivity index (χ0n) is 15.5. The molecule has 0 bridgehead atoms. The van der Waals surface area contributed by atoms with Gasteiger partial charge in [0.15, 0.2) is 0 Å². The second kappa shape index (κ2) is 8.54. The summed E-state index contributed by atoms with van der Waals surface area (Å²) in [6, 6.07) is 24.5. The topological polar surface area (TPSA) is 29.1 Å². The van der Waals surface area contributed by atoms with Gasteiger partial charge in [0.25, 0.3) is 0 Å². The number of rotatable bonds is 5. The van der Waals surface area contributed by atoms with Crippen molar-refractivity contribution >= 4 is 23.2 Å². The molecule has 1 saturated heterocycles. The van der Waals surface area contributed by atoms with Crippen molar-refractivity contribution in [2.45, 2.75) is 19.3 Å². The predicted molar refractivity (Wildman–Crippen MR) is 113 cm³/mol. The van der Waals surface area contributed by atoms with Crippen LogP contribution in [0, 0.1) is 0 Å². The van der Waals surface area contributed by atoms with Crippen molar-refractivity contribution < 1.29 is 14.9 Å². The van der Waals surface area contributed by atoms with E-state index in [1.54, 1.807) is 6.07 Å². The van der Waals surface area contributed by atoms with Gasteiger partial charge in [-0.2, -0.15) is 0 Å². The molecule has 5 heteroatoms. The quantitative estimate of drug-likeness (QED) is 0.588. The number of phenols is 1. The van der Waals surface area contributed by atoms with Crippen LogP contribution >= 0.6 is 23.2 Å². The maximum Gasteiger partial charge on any atom is 0.244 e. The molecule has 1 aliphatic heterocycles. The van der Waals surface area contributed by atoms with Crippen molar-refractivity contribution in [3.05, 3.63) is 99.5 Å². The minimum atomic E-state index is 0.0663. The summed E-state index contributed by atoms with van der Waals surface area (Å²) < 4.78 is 0. The zero-order valence-corrected chi connectivity index (χ0v) is 17.0. The van der Waals surface area contributed by atoms with Crippen molar-refractivity contribution in [3.8, 4) is 5.75 Å². The molecule has 4 rings (SSSR count). The van der Waals surface area contributed by atoms with Crippen LogP contribution in [0.1, 0.15) is 22.9 Å². The van der Waals surface area contributed by atoms with E-state index in [1.807, 2.05) is 18.2 Å². The number of benzene rings is 3. The fraction of sp³-hybridized carbons (Fsp3) is 0.217. The third-order valence-electron chi connectivity index (χ3n) is 5.50. The Morgan fingerprint density at radius 1 is 0.786 bits per heavy atom. The molecule has 3 nitrogen and oxygen atoms in total. The maximum absolute atomic E-state index is 10.7. The highest BCUT2D eigenvalue weighted by atomic mass is 35.5. The average molecular weight is 415 g/mol. The van der Waals surface area contributed by atoms with E-state index < -0.39 is 0 Å². The number of quaternary nitrogens is 2. The Bertz CT molecular complexity index is 885. The van der Waals surface area contributed by atoms with Crippen LogP contribution in [-0.2, 0) is 13.1 Å². The van der Waals surface area contributed by atoms with E-state index >= 15 is 0 Å². The highest BCUT2D eigenvalue weighted by Gasteiger charge is 2.42. The molecule has 1 heterocycles. The van der Waals surface area contributed by atoms with Crippen LogP contribution in [0.5, 0.6) is 5.75 Å². The molecule has 3 N–H and O–H groups in total. The fourth-order valence-corrected chi connectivity index (χ4v) is 4.75. The Morgan fingerprint density at radius 3 is 1.79 bits per heavy atom. The lowest BCUT2D eigenvalue weighted by atomic mass is 10.1. The van der Waals surface area contributed by atoms with E-state index in [-0.39, 0.29) is 11.9 Å².